The Labute approximate surface area is 122 Å². The Morgan fingerprint density at radius 3 is 2.86 bits per heavy atom. The van der Waals surface area contributed by atoms with Gasteiger partial charge < -0.3 is 10.1 Å². The van der Waals surface area contributed by atoms with Gasteiger partial charge in [0.2, 0.25) is 0 Å². The molecule has 0 aliphatic heterocycles. The molecule has 6 nitrogen and oxygen atoms in total. The van der Waals surface area contributed by atoms with Crippen molar-refractivity contribution < 1.29 is 9.53 Å². The lowest BCUT2D eigenvalue weighted by Crippen LogP contribution is -2.24. The molecule has 1 aromatic carbocycles. The summed E-state index contributed by atoms with van der Waals surface area (Å²) >= 11 is 0. The standard InChI is InChI=1S/C15H17N3O3/c1-3-11-6-4-5-7-13(11)21-10-14(19)17-12-8-15(20)18(2)16-9-12/h4-9H,3,10H2,1-2H3,(H,17,19). The van der Waals surface area contributed by atoms with Gasteiger partial charge in [-0.1, -0.05) is 25.1 Å². The molecule has 21 heavy (non-hydrogen) atoms. The van der Waals surface area contributed by atoms with E-state index in [9.17, 15) is 9.59 Å². The van der Waals surface area contributed by atoms with E-state index < -0.39 is 0 Å². The maximum absolute atomic E-state index is 11.8. The average Bonchev–Trinajstić information content (AvgIpc) is 2.49. The summed E-state index contributed by atoms with van der Waals surface area (Å²) < 4.78 is 6.68. The van der Waals surface area contributed by atoms with Crippen LogP contribution in [0.5, 0.6) is 5.75 Å². The molecule has 110 valence electrons. The molecule has 0 saturated heterocycles. The topological polar surface area (TPSA) is 73.2 Å². The van der Waals surface area contributed by atoms with E-state index in [0.29, 0.717) is 11.4 Å². The number of hydrogen-bond acceptors (Lipinski definition) is 4. The van der Waals surface area contributed by atoms with Gasteiger partial charge in [-0.2, -0.15) is 5.10 Å². The third-order valence-corrected chi connectivity index (χ3v) is 2.96. The molecule has 0 aliphatic carbocycles. The number of carbonyl (C=O) groups excluding carboxylic acids is 1. The molecule has 1 heterocycles. The largest absolute Gasteiger partial charge is 0.483 e. The van der Waals surface area contributed by atoms with Crippen LogP contribution in [0.3, 0.4) is 0 Å². The molecule has 0 aliphatic rings. The van der Waals surface area contributed by atoms with E-state index >= 15 is 0 Å². The Morgan fingerprint density at radius 1 is 1.38 bits per heavy atom. The first-order valence-electron chi connectivity index (χ1n) is 6.64. The van der Waals surface area contributed by atoms with Gasteiger partial charge >= 0.3 is 0 Å². The Kier molecular flexibility index (Phi) is 4.71. The molecular formula is C15H17N3O3. The number of para-hydroxylation sites is 1. The molecule has 2 rings (SSSR count). The second-order valence-electron chi connectivity index (χ2n) is 4.50. The molecule has 1 aromatic heterocycles. The van der Waals surface area contributed by atoms with Crippen LogP contribution in [0, 0.1) is 0 Å². The number of nitrogens with zero attached hydrogens (tertiary/aromatic N) is 2. The normalized spacial score (nSPS) is 10.2. The molecule has 1 N–H and O–H groups in total. The van der Waals surface area contributed by atoms with Crippen LogP contribution >= 0.6 is 0 Å². The fourth-order valence-electron chi connectivity index (χ4n) is 1.81. The summed E-state index contributed by atoms with van der Waals surface area (Å²) in [4.78, 5) is 23.2. The van der Waals surface area contributed by atoms with Crippen LogP contribution in [0.4, 0.5) is 5.69 Å². The molecule has 0 spiro atoms. The second-order valence-corrected chi connectivity index (χ2v) is 4.50. The minimum atomic E-state index is -0.337. The predicted molar refractivity (Wildman–Crippen MR) is 79.4 cm³/mol. The number of benzene rings is 1. The van der Waals surface area contributed by atoms with Crippen LogP contribution in [-0.2, 0) is 18.3 Å². The molecule has 0 fully saturated rings. The lowest BCUT2D eigenvalue weighted by molar-refractivity contribution is -0.118. The van der Waals surface area contributed by atoms with E-state index in [-0.39, 0.29) is 18.1 Å². The number of aryl methyl sites for hydroxylation is 2. The third kappa shape index (κ3) is 3.92. The molecule has 0 unspecified atom stereocenters. The van der Waals surface area contributed by atoms with E-state index in [1.54, 1.807) is 7.05 Å². The Morgan fingerprint density at radius 2 is 2.14 bits per heavy atom. The van der Waals surface area contributed by atoms with Crippen molar-refractivity contribution >= 4 is 11.6 Å². The van der Waals surface area contributed by atoms with Gasteiger partial charge in [-0.15, -0.1) is 0 Å². The molecule has 0 radical (unpaired) electrons. The highest BCUT2D eigenvalue weighted by Gasteiger charge is 2.07. The number of anilines is 1. The quantitative estimate of drug-likeness (QED) is 0.901. The molecule has 2 aromatic rings. The summed E-state index contributed by atoms with van der Waals surface area (Å²) in [7, 11) is 1.54. The van der Waals surface area contributed by atoms with E-state index in [2.05, 4.69) is 10.4 Å². The molecule has 1 amide bonds. The highest BCUT2D eigenvalue weighted by atomic mass is 16.5. The van der Waals surface area contributed by atoms with Crippen molar-refractivity contribution in [1.82, 2.24) is 9.78 Å². The van der Waals surface area contributed by atoms with Crippen molar-refractivity contribution in [3.05, 3.63) is 52.4 Å². The molecular weight excluding hydrogens is 270 g/mol. The Hall–Kier alpha value is -2.63. The van der Waals surface area contributed by atoms with Crippen LogP contribution in [0.25, 0.3) is 0 Å². The highest BCUT2D eigenvalue weighted by molar-refractivity contribution is 5.91. The lowest BCUT2D eigenvalue weighted by atomic mass is 10.1. The summed E-state index contributed by atoms with van der Waals surface area (Å²) in [6.07, 6.45) is 2.25. The minimum absolute atomic E-state index is 0.119. The van der Waals surface area contributed by atoms with Gasteiger partial charge in [0.15, 0.2) is 6.61 Å². The number of aromatic nitrogens is 2. The third-order valence-electron chi connectivity index (χ3n) is 2.96. The summed E-state index contributed by atoms with van der Waals surface area (Å²) in [5.41, 5.74) is 1.11. The van der Waals surface area contributed by atoms with Crippen LogP contribution in [0.1, 0.15) is 12.5 Å². The summed E-state index contributed by atoms with van der Waals surface area (Å²) in [5, 5.41) is 6.40. The van der Waals surface area contributed by atoms with Crippen LogP contribution < -0.4 is 15.6 Å². The monoisotopic (exact) mass is 287 g/mol. The first-order valence-corrected chi connectivity index (χ1v) is 6.64. The maximum Gasteiger partial charge on any atom is 0.268 e. The van der Waals surface area contributed by atoms with Crippen molar-refractivity contribution in [2.75, 3.05) is 11.9 Å². The first-order chi connectivity index (χ1) is 10.1. The summed E-state index contributed by atoms with van der Waals surface area (Å²) in [6, 6.07) is 8.88. The zero-order chi connectivity index (χ0) is 15.2. The number of carbonyl (C=O) groups is 1. The smallest absolute Gasteiger partial charge is 0.268 e. The number of ether oxygens (including phenoxy) is 1. The van der Waals surface area contributed by atoms with E-state index in [4.69, 9.17) is 4.74 Å². The zero-order valence-corrected chi connectivity index (χ0v) is 12.0. The number of nitrogens with one attached hydrogen (secondary N) is 1. The van der Waals surface area contributed by atoms with Gasteiger partial charge in [0, 0.05) is 13.1 Å². The first kappa shape index (κ1) is 14.8. The Bertz CT molecular complexity index is 695. The molecule has 0 saturated carbocycles. The Balaban J connectivity index is 1.96. The minimum Gasteiger partial charge on any atom is -0.483 e. The van der Waals surface area contributed by atoms with E-state index in [1.165, 1.54) is 16.9 Å². The summed E-state index contributed by atoms with van der Waals surface area (Å²) in [6.45, 7) is 1.90. The van der Waals surface area contributed by atoms with Gasteiger partial charge in [-0.25, -0.2) is 4.68 Å². The van der Waals surface area contributed by atoms with Gasteiger partial charge in [0.25, 0.3) is 11.5 Å². The van der Waals surface area contributed by atoms with Gasteiger partial charge in [-0.05, 0) is 18.1 Å². The number of rotatable bonds is 5. The second kappa shape index (κ2) is 6.69. The van der Waals surface area contributed by atoms with Crippen molar-refractivity contribution in [3.8, 4) is 5.75 Å². The fourth-order valence-corrected chi connectivity index (χ4v) is 1.81. The summed E-state index contributed by atoms with van der Waals surface area (Å²) in [5.74, 6) is 0.355. The zero-order valence-electron chi connectivity index (χ0n) is 12.0. The van der Waals surface area contributed by atoms with Crippen molar-refractivity contribution in [3.63, 3.8) is 0 Å². The number of hydrogen-bond donors (Lipinski definition) is 1. The molecule has 6 heteroatoms. The highest BCUT2D eigenvalue weighted by Crippen LogP contribution is 2.18. The van der Waals surface area contributed by atoms with Crippen molar-refractivity contribution in [2.24, 2.45) is 7.05 Å². The van der Waals surface area contributed by atoms with Gasteiger partial charge in [-0.3, -0.25) is 9.59 Å². The van der Waals surface area contributed by atoms with E-state index in [0.717, 1.165) is 12.0 Å². The molecule has 0 atom stereocenters. The lowest BCUT2D eigenvalue weighted by Gasteiger charge is -2.10. The van der Waals surface area contributed by atoms with Crippen LogP contribution in [0.2, 0.25) is 0 Å². The van der Waals surface area contributed by atoms with Gasteiger partial charge in [0.1, 0.15) is 5.75 Å². The van der Waals surface area contributed by atoms with Crippen molar-refractivity contribution in [1.29, 1.82) is 0 Å². The van der Waals surface area contributed by atoms with Crippen LogP contribution in [0.15, 0.2) is 41.3 Å². The van der Waals surface area contributed by atoms with Gasteiger partial charge in [0.05, 0.1) is 11.9 Å². The van der Waals surface area contributed by atoms with Crippen molar-refractivity contribution in [2.45, 2.75) is 13.3 Å². The predicted octanol–water partition coefficient (Wildman–Crippen LogP) is 1.36. The average molecular weight is 287 g/mol. The maximum atomic E-state index is 11.8. The fraction of sp³-hybridized carbons (Fsp3) is 0.267. The molecule has 0 bridgehead atoms. The number of amides is 1. The SMILES string of the molecule is CCc1ccccc1OCC(=O)Nc1cnn(C)c(=O)c1. The van der Waals surface area contributed by atoms with Crippen LogP contribution in [-0.4, -0.2) is 22.3 Å². The van der Waals surface area contributed by atoms with E-state index in [1.807, 2.05) is 31.2 Å².